The Bertz CT molecular complexity index is 1130. The van der Waals surface area contributed by atoms with Gasteiger partial charge in [0.05, 0.1) is 12.0 Å². The summed E-state index contributed by atoms with van der Waals surface area (Å²) in [6.07, 6.45) is 1.54. The van der Waals surface area contributed by atoms with Crippen molar-refractivity contribution >= 4 is 35.5 Å². The highest BCUT2D eigenvalue weighted by atomic mass is 32.2. The number of rotatable bonds is 10. The molecule has 0 saturated heterocycles. The molecule has 8 heteroatoms. The van der Waals surface area contributed by atoms with Crippen LogP contribution in [-0.4, -0.2) is 30.4 Å². The molecular formula is C26H26FN3O3S. The first-order valence-corrected chi connectivity index (χ1v) is 11.8. The number of nitrogens with one attached hydrogen (secondary N) is 2. The minimum absolute atomic E-state index is 0.169. The number of thioether (sulfide) groups is 1. The molecule has 3 aromatic carbocycles. The Morgan fingerprint density at radius 3 is 2.32 bits per heavy atom. The van der Waals surface area contributed by atoms with Crippen LogP contribution >= 0.6 is 11.8 Å². The third-order valence-electron chi connectivity index (χ3n) is 4.56. The summed E-state index contributed by atoms with van der Waals surface area (Å²) in [4.78, 5) is 23.9. The van der Waals surface area contributed by atoms with Gasteiger partial charge in [-0.1, -0.05) is 29.3 Å². The third kappa shape index (κ3) is 8.71. The second-order valence-electron chi connectivity index (χ2n) is 7.69. The maximum atomic E-state index is 12.9. The highest BCUT2D eigenvalue weighted by Crippen LogP contribution is 2.16. The zero-order valence-corrected chi connectivity index (χ0v) is 19.8. The molecule has 0 atom stereocenters. The summed E-state index contributed by atoms with van der Waals surface area (Å²) in [5.41, 5.74) is 7.42. The predicted octanol–water partition coefficient (Wildman–Crippen LogP) is 4.84. The van der Waals surface area contributed by atoms with Crippen LogP contribution in [0.15, 0.2) is 71.8 Å². The zero-order chi connectivity index (χ0) is 24.3. The van der Waals surface area contributed by atoms with E-state index in [0.29, 0.717) is 17.2 Å². The molecule has 0 aromatic heterocycles. The lowest BCUT2D eigenvalue weighted by Crippen LogP contribution is -2.20. The molecule has 0 aliphatic carbocycles. The molecule has 0 heterocycles. The molecule has 0 radical (unpaired) electrons. The normalized spacial score (nSPS) is 10.8. The van der Waals surface area contributed by atoms with Crippen LogP contribution in [0.2, 0.25) is 0 Å². The first-order chi connectivity index (χ1) is 16.4. The van der Waals surface area contributed by atoms with E-state index in [1.165, 1.54) is 58.9 Å². The summed E-state index contributed by atoms with van der Waals surface area (Å²) in [7, 11) is 0. The van der Waals surface area contributed by atoms with Crippen LogP contribution in [0.4, 0.5) is 10.1 Å². The fraction of sp³-hybridized carbons (Fsp3) is 0.192. The summed E-state index contributed by atoms with van der Waals surface area (Å²) in [5.74, 6) is 0.705. The fourth-order valence-corrected chi connectivity index (χ4v) is 3.91. The smallest absolute Gasteiger partial charge is 0.262 e. The van der Waals surface area contributed by atoms with Gasteiger partial charge in [-0.2, -0.15) is 5.10 Å². The first kappa shape index (κ1) is 25.0. The van der Waals surface area contributed by atoms with E-state index >= 15 is 0 Å². The number of halogens is 1. The Morgan fingerprint density at radius 1 is 0.971 bits per heavy atom. The molecule has 6 nitrogen and oxygen atoms in total. The van der Waals surface area contributed by atoms with E-state index in [2.05, 4.69) is 47.9 Å². The summed E-state index contributed by atoms with van der Waals surface area (Å²) >= 11 is 1.54. The van der Waals surface area contributed by atoms with Gasteiger partial charge in [0, 0.05) is 11.4 Å². The van der Waals surface area contributed by atoms with Gasteiger partial charge in [0.15, 0.2) is 6.61 Å². The maximum Gasteiger partial charge on any atom is 0.262 e. The molecule has 0 spiro atoms. The molecule has 0 fully saturated rings. The highest BCUT2D eigenvalue weighted by Gasteiger charge is 2.05. The van der Waals surface area contributed by atoms with Crippen molar-refractivity contribution in [2.45, 2.75) is 19.6 Å². The number of carbonyl (C=O) groups excluding carboxylic acids is 2. The van der Waals surface area contributed by atoms with Crippen LogP contribution in [0, 0.1) is 19.7 Å². The number of carbonyl (C=O) groups is 2. The lowest BCUT2D eigenvalue weighted by atomic mass is 10.1. The van der Waals surface area contributed by atoms with Crippen LogP contribution in [0.1, 0.15) is 22.3 Å². The monoisotopic (exact) mass is 479 g/mol. The third-order valence-corrected chi connectivity index (χ3v) is 5.57. The fourth-order valence-electron chi connectivity index (χ4n) is 3.15. The molecule has 2 amide bonds. The number of nitrogens with zero attached hydrogens (tertiary/aromatic N) is 1. The number of hydrogen-bond acceptors (Lipinski definition) is 5. The van der Waals surface area contributed by atoms with Gasteiger partial charge in [0.1, 0.15) is 11.6 Å². The van der Waals surface area contributed by atoms with Crippen LogP contribution in [0.5, 0.6) is 5.75 Å². The lowest BCUT2D eigenvalue weighted by molar-refractivity contribution is -0.119. The number of hydrogen-bond donors (Lipinski definition) is 2. The Kier molecular flexibility index (Phi) is 9.22. The van der Waals surface area contributed by atoms with E-state index in [4.69, 9.17) is 4.74 Å². The SMILES string of the molecule is Cc1cc(C)cc(CSCC(=O)N/N=C\c2ccc(OCC(=O)Nc3ccc(F)cc3)cc2)c1. The molecule has 2 N–H and O–H groups in total. The second kappa shape index (κ2) is 12.6. The van der Waals surface area contributed by atoms with Crippen molar-refractivity contribution in [3.05, 3.63) is 94.8 Å². The van der Waals surface area contributed by atoms with E-state index < -0.39 is 0 Å². The molecule has 0 saturated carbocycles. The maximum absolute atomic E-state index is 12.9. The number of amides is 2. The zero-order valence-electron chi connectivity index (χ0n) is 19.0. The van der Waals surface area contributed by atoms with E-state index in [0.717, 1.165) is 11.3 Å². The summed E-state index contributed by atoms with van der Waals surface area (Å²) in [5, 5.41) is 6.61. The topological polar surface area (TPSA) is 79.8 Å². The van der Waals surface area contributed by atoms with Gasteiger partial charge in [-0.3, -0.25) is 9.59 Å². The Labute approximate surface area is 202 Å². The Hall–Kier alpha value is -3.65. The van der Waals surface area contributed by atoms with Gasteiger partial charge in [-0.05, 0) is 73.5 Å². The molecule has 0 bridgehead atoms. The van der Waals surface area contributed by atoms with Crippen molar-refractivity contribution in [2.75, 3.05) is 17.7 Å². The Balaban J connectivity index is 1.36. The minimum atomic E-state index is -0.371. The number of hydrazone groups is 1. The molecule has 3 rings (SSSR count). The van der Waals surface area contributed by atoms with Crippen LogP contribution in [0.25, 0.3) is 0 Å². The molecule has 34 heavy (non-hydrogen) atoms. The van der Waals surface area contributed by atoms with Gasteiger partial charge in [-0.15, -0.1) is 11.8 Å². The molecule has 0 aliphatic heterocycles. The standard InChI is InChI=1S/C26H26FN3O3S/c1-18-11-19(2)13-21(12-18)16-34-17-26(32)30-28-14-20-3-9-24(10-4-20)33-15-25(31)29-23-7-5-22(27)6-8-23/h3-14H,15-17H2,1-2H3,(H,29,31)(H,30,32)/b28-14-. The van der Waals surface area contributed by atoms with Gasteiger partial charge < -0.3 is 10.1 Å². The molecule has 176 valence electrons. The molecule has 3 aromatic rings. The van der Waals surface area contributed by atoms with Crippen molar-refractivity contribution in [3.8, 4) is 5.75 Å². The lowest BCUT2D eigenvalue weighted by Gasteiger charge is -2.07. The van der Waals surface area contributed by atoms with Crippen LogP contribution in [0.3, 0.4) is 0 Å². The number of ether oxygens (including phenoxy) is 1. The summed E-state index contributed by atoms with van der Waals surface area (Å²) < 4.78 is 18.4. The van der Waals surface area contributed by atoms with Gasteiger partial charge in [0.25, 0.3) is 5.91 Å². The van der Waals surface area contributed by atoms with Crippen molar-refractivity contribution in [3.63, 3.8) is 0 Å². The second-order valence-corrected chi connectivity index (χ2v) is 8.68. The molecule has 0 unspecified atom stereocenters. The number of benzene rings is 3. The van der Waals surface area contributed by atoms with Crippen LogP contribution in [-0.2, 0) is 15.3 Å². The van der Waals surface area contributed by atoms with Crippen LogP contribution < -0.4 is 15.5 Å². The van der Waals surface area contributed by atoms with Crippen molar-refractivity contribution in [1.29, 1.82) is 0 Å². The van der Waals surface area contributed by atoms with Gasteiger partial charge in [0.2, 0.25) is 5.91 Å². The Morgan fingerprint density at radius 2 is 1.65 bits per heavy atom. The first-order valence-electron chi connectivity index (χ1n) is 10.6. The minimum Gasteiger partial charge on any atom is -0.484 e. The van der Waals surface area contributed by atoms with E-state index in [-0.39, 0.29) is 24.2 Å². The summed E-state index contributed by atoms with van der Waals surface area (Å²) in [6.45, 7) is 3.95. The van der Waals surface area contributed by atoms with E-state index in [1.807, 2.05) is 0 Å². The largest absolute Gasteiger partial charge is 0.484 e. The van der Waals surface area contributed by atoms with Crippen molar-refractivity contribution in [2.24, 2.45) is 5.10 Å². The average molecular weight is 480 g/mol. The molecule has 0 aliphatic rings. The molecular weight excluding hydrogens is 453 g/mol. The van der Waals surface area contributed by atoms with Crippen molar-refractivity contribution < 1.29 is 18.7 Å². The summed E-state index contributed by atoms with van der Waals surface area (Å²) in [6, 6.07) is 18.8. The average Bonchev–Trinajstić information content (AvgIpc) is 2.79. The van der Waals surface area contributed by atoms with Gasteiger partial charge in [-0.25, -0.2) is 9.82 Å². The number of anilines is 1. The van der Waals surface area contributed by atoms with E-state index in [9.17, 15) is 14.0 Å². The van der Waals surface area contributed by atoms with Crippen molar-refractivity contribution in [1.82, 2.24) is 5.43 Å². The number of aryl methyl sites for hydroxylation is 2. The van der Waals surface area contributed by atoms with E-state index in [1.54, 1.807) is 24.3 Å². The quantitative estimate of drug-likeness (QED) is 0.322. The highest BCUT2D eigenvalue weighted by molar-refractivity contribution is 7.99. The van der Waals surface area contributed by atoms with Gasteiger partial charge >= 0.3 is 0 Å². The predicted molar refractivity (Wildman–Crippen MR) is 135 cm³/mol.